The lowest BCUT2D eigenvalue weighted by Gasteiger charge is -2.21. The second-order valence-electron chi connectivity index (χ2n) is 14.6. The Kier molecular flexibility index (Phi) is 5.76. The molecule has 2 heterocycles. The Morgan fingerprint density at radius 3 is 1.65 bits per heavy atom. The second-order valence-corrected chi connectivity index (χ2v) is 14.6. The molecule has 0 amide bonds. The van der Waals surface area contributed by atoms with Crippen molar-refractivity contribution in [1.82, 2.24) is 9.13 Å². The van der Waals surface area contributed by atoms with Crippen LogP contribution in [0.4, 0.5) is 0 Å². The number of hydrogen-bond donors (Lipinski definition) is 0. The molecule has 0 saturated heterocycles. The van der Waals surface area contributed by atoms with E-state index in [1.807, 2.05) is 0 Å². The molecule has 0 saturated carbocycles. The van der Waals surface area contributed by atoms with E-state index in [0.29, 0.717) is 0 Å². The maximum absolute atomic E-state index is 2.44. The highest BCUT2D eigenvalue weighted by Gasteiger charge is 2.35. The van der Waals surface area contributed by atoms with E-state index in [4.69, 9.17) is 0 Å². The number of hydrogen-bond acceptors (Lipinski definition) is 0. The molecule has 2 nitrogen and oxygen atoms in total. The van der Waals surface area contributed by atoms with Gasteiger partial charge in [0, 0.05) is 38.3 Å². The molecule has 0 fully saturated rings. The second kappa shape index (κ2) is 10.3. The van der Waals surface area contributed by atoms with Crippen LogP contribution in [0.5, 0.6) is 0 Å². The third-order valence-electron chi connectivity index (χ3n) is 11.5. The highest BCUT2D eigenvalue weighted by molar-refractivity contribution is 6.29. The number of benzene rings is 8. The maximum atomic E-state index is 2.44. The van der Waals surface area contributed by atoms with Crippen molar-refractivity contribution in [2.24, 2.45) is 0 Å². The van der Waals surface area contributed by atoms with Gasteiger partial charge < -0.3 is 9.13 Å². The minimum Gasteiger partial charge on any atom is -0.309 e. The molecular formula is C49H34N2. The fourth-order valence-electron chi connectivity index (χ4n) is 9.09. The van der Waals surface area contributed by atoms with Gasteiger partial charge in [0.15, 0.2) is 0 Å². The molecule has 10 aromatic rings. The number of aromatic nitrogens is 2. The first-order chi connectivity index (χ1) is 25.1. The average Bonchev–Trinajstić information content (AvgIpc) is 3.78. The van der Waals surface area contributed by atoms with Gasteiger partial charge >= 0.3 is 0 Å². The third kappa shape index (κ3) is 3.93. The molecule has 11 rings (SSSR count). The summed E-state index contributed by atoms with van der Waals surface area (Å²) in [5.74, 6) is 0. The fourth-order valence-corrected chi connectivity index (χ4v) is 9.09. The summed E-state index contributed by atoms with van der Waals surface area (Å²) in [7, 11) is 0. The van der Waals surface area contributed by atoms with Crippen LogP contribution in [0.1, 0.15) is 25.0 Å². The molecule has 0 radical (unpaired) electrons. The van der Waals surface area contributed by atoms with E-state index in [2.05, 4.69) is 193 Å². The first-order valence-electron chi connectivity index (χ1n) is 17.9. The van der Waals surface area contributed by atoms with E-state index in [1.54, 1.807) is 0 Å². The molecule has 240 valence electrons. The summed E-state index contributed by atoms with van der Waals surface area (Å²) < 4.78 is 4.88. The number of nitrogens with zero attached hydrogens (tertiary/aromatic N) is 2. The van der Waals surface area contributed by atoms with Crippen LogP contribution in [0.15, 0.2) is 170 Å². The minimum atomic E-state index is 0.0120. The van der Waals surface area contributed by atoms with Crippen LogP contribution in [0.3, 0.4) is 0 Å². The van der Waals surface area contributed by atoms with Crippen molar-refractivity contribution in [3.8, 4) is 33.6 Å². The Morgan fingerprint density at radius 2 is 0.922 bits per heavy atom. The summed E-state index contributed by atoms with van der Waals surface area (Å²) in [5.41, 5.74) is 15.2. The Hall–Kier alpha value is -6.38. The van der Waals surface area contributed by atoms with Crippen molar-refractivity contribution in [1.29, 1.82) is 0 Å². The summed E-state index contributed by atoms with van der Waals surface area (Å²) in [5, 5.41) is 7.63. The summed E-state index contributed by atoms with van der Waals surface area (Å²) in [6, 6.07) is 62.8. The topological polar surface area (TPSA) is 9.86 Å². The van der Waals surface area contributed by atoms with Crippen molar-refractivity contribution in [3.05, 3.63) is 181 Å². The Balaban J connectivity index is 1.10. The van der Waals surface area contributed by atoms with Gasteiger partial charge in [-0.3, -0.25) is 0 Å². The Morgan fingerprint density at radius 1 is 0.373 bits per heavy atom. The number of fused-ring (bicyclic) bond motifs is 11. The van der Waals surface area contributed by atoms with Crippen LogP contribution in [0.2, 0.25) is 0 Å². The average molecular weight is 651 g/mol. The van der Waals surface area contributed by atoms with Crippen molar-refractivity contribution in [2.45, 2.75) is 19.3 Å². The minimum absolute atomic E-state index is 0.0120. The maximum Gasteiger partial charge on any atom is 0.0548 e. The van der Waals surface area contributed by atoms with Crippen LogP contribution in [0.25, 0.3) is 88.0 Å². The van der Waals surface area contributed by atoms with Gasteiger partial charge in [-0.15, -0.1) is 0 Å². The standard InChI is InChI=1S/C49H34N2/c1-49(2)41-16-8-5-13-37(41)40-30-34(22-26-42(40)49)32-19-23-35(24-20-32)50-43-17-9-6-14-38(43)47-45(50)27-28-46-48(47)39-15-7-10-18-44(39)51(46)36-25-21-31-11-3-4-12-33(31)29-36/h3-30H,1-2H3. The number of para-hydroxylation sites is 2. The first kappa shape index (κ1) is 28.5. The van der Waals surface area contributed by atoms with E-state index in [9.17, 15) is 0 Å². The molecule has 8 aromatic carbocycles. The molecule has 0 aliphatic heterocycles. The molecule has 1 aliphatic carbocycles. The largest absolute Gasteiger partial charge is 0.309 e. The van der Waals surface area contributed by atoms with Gasteiger partial charge in [0.05, 0.1) is 22.1 Å². The molecule has 0 atom stereocenters. The zero-order valence-corrected chi connectivity index (χ0v) is 28.6. The molecule has 0 bridgehead atoms. The molecule has 2 heteroatoms. The van der Waals surface area contributed by atoms with Crippen molar-refractivity contribution < 1.29 is 0 Å². The monoisotopic (exact) mass is 650 g/mol. The van der Waals surface area contributed by atoms with Crippen LogP contribution in [-0.4, -0.2) is 9.13 Å². The predicted molar refractivity (Wildman–Crippen MR) is 216 cm³/mol. The smallest absolute Gasteiger partial charge is 0.0548 e. The van der Waals surface area contributed by atoms with Crippen LogP contribution >= 0.6 is 0 Å². The van der Waals surface area contributed by atoms with Gasteiger partial charge in [0.1, 0.15) is 0 Å². The fraction of sp³-hybridized carbons (Fsp3) is 0.0612. The Labute approximate surface area is 296 Å². The van der Waals surface area contributed by atoms with E-state index in [-0.39, 0.29) is 5.41 Å². The zero-order valence-electron chi connectivity index (χ0n) is 28.6. The van der Waals surface area contributed by atoms with Gasteiger partial charge in [0.2, 0.25) is 0 Å². The van der Waals surface area contributed by atoms with Crippen LogP contribution < -0.4 is 0 Å². The lowest BCUT2D eigenvalue weighted by molar-refractivity contribution is 0.660. The number of rotatable bonds is 3. The predicted octanol–water partition coefficient (Wildman–Crippen LogP) is 13.0. The lowest BCUT2D eigenvalue weighted by Crippen LogP contribution is -2.14. The highest BCUT2D eigenvalue weighted by Crippen LogP contribution is 2.49. The normalized spacial score (nSPS) is 13.5. The summed E-state index contributed by atoms with van der Waals surface area (Å²) in [6.45, 7) is 4.68. The van der Waals surface area contributed by atoms with Crippen molar-refractivity contribution >= 4 is 54.4 Å². The van der Waals surface area contributed by atoms with Crippen molar-refractivity contribution in [2.75, 3.05) is 0 Å². The summed E-state index contributed by atoms with van der Waals surface area (Å²) in [4.78, 5) is 0. The van der Waals surface area contributed by atoms with E-state index < -0.39 is 0 Å². The molecule has 51 heavy (non-hydrogen) atoms. The third-order valence-corrected chi connectivity index (χ3v) is 11.5. The van der Waals surface area contributed by atoms with Crippen LogP contribution in [-0.2, 0) is 5.41 Å². The molecule has 0 unspecified atom stereocenters. The van der Waals surface area contributed by atoms with E-state index in [1.165, 1.54) is 93.5 Å². The highest BCUT2D eigenvalue weighted by atomic mass is 15.0. The molecule has 2 aromatic heterocycles. The molecule has 0 spiro atoms. The van der Waals surface area contributed by atoms with Gasteiger partial charge in [-0.25, -0.2) is 0 Å². The van der Waals surface area contributed by atoms with Crippen molar-refractivity contribution in [3.63, 3.8) is 0 Å². The van der Waals surface area contributed by atoms with Gasteiger partial charge in [-0.2, -0.15) is 0 Å². The Bertz CT molecular complexity index is 3040. The zero-order chi connectivity index (χ0) is 33.8. The summed E-state index contributed by atoms with van der Waals surface area (Å²) >= 11 is 0. The van der Waals surface area contributed by atoms with E-state index >= 15 is 0 Å². The van der Waals surface area contributed by atoms with Gasteiger partial charge in [0.25, 0.3) is 0 Å². The molecular weight excluding hydrogens is 617 g/mol. The molecule has 0 N–H and O–H groups in total. The lowest BCUT2D eigenvalue weighted by atomic mass is 9.82. The molecule has 1 aliphatic rings. The SMILES string of the molecule is CC1(C)c2ccccc2-c2cc(-c3ccc(-n4c5ccccc5c5c6c7ccccc7n(-c7ccc8ccccc8c7)c6ccc54)cc3)ccc21. The first-order valence-corrected chi connectivity index (χ1v) is 17.9. The van der Waals surface area contributed by atoms with E-state index in [0.717, 1.165) is 5.69 Å². The van der Waals surface area contributed by atoms with Crippen LogP contribution in [0, 0.1) is 0 Å². The summed E-state index contributed by atoms with van der Waals surface area (Å²) in [6.07, 6.45) is 0. The quantitative estimate of drug-likeness (QED) is 0.180. The van der Waals surface area contributed by atoms with Gasteiger partial charge in [-0.1, -0.05) is 129 Å². The van der Waals surface area contributed by atoms with Gasteiger partial charge in [-0.05, 0) is 98.8 Å².